The fraction of sp³-hybridized carbons (Fsp3) is 0.533. The minimum absolute atomic E-state index is 0.629. The first kappa shape index (κ1) is 13.1. The van der Waals surface area contributed by atoms with Crippen LogP contribution in [0.3, 0.4) is 0 Å². The second-order valence-corrected chi connectivity index (χ2v) is 4.88. The molecular formula is C15H21NO2. The van der Waals surface area contributed by atoms with Crippen LogP contribution < -0.4 is 4.74 Å². The molecule has 1 aliphatic heterocycles. The van der Waals surface area contributed by atoms with E-state index in [4.69, 9.17) is 4.74 Å². The van der Waals surface area contributed by atoms with Crippen molar-refractivity contribution < 1.29 is 9.53 Å². The van der Waals surface area contributed by atoms with Crippen molar-refractivity contribution in [2.24, 2.45) is 0 Å². The molecule has 0 aliphatic carbocycles. The van der Waals surface area contributed by atoms with Crippen LogP contribution in [0.15, 0.2) is 24.3 Å². The van der Waals surface area contributed by atoms with E-state index in [9.17, 15) is 4.79 Å². The number of rotatable bonds is 5. The molecule has 1 fully saturated rings. The lowest BCUT2D eigenvalue weighted by molar-refractivity contribution is 0.111. The first-order valence-corrected chi connectivity index (χ1v) is 6.72. The van der Waals surface area contributed by atoms with Gasteiger partial charge in [-0.3, -0.25) is 9.69 Å². The molecule has 0 spiro atoms. The van der Waals surface area contributed by atoms with Crippen LogP contribution in [0.4, 0.5) is 0 Å². The van der Waals surface area contributed by atoms with Gasteiger partial charge in [0.25, 0.3) is 0 Å². The lowest BCUT2D eigenvalue weighted by atomic mass is 10.0. The van der Waals surface area contributed by atoms with Crippen LogP contribution in [0.1, 0.15) is 36.5 Å². The van der Waals surface area contributed by atoms with Crippen molar-refractivity contribution in [1.82, 2.24) is 4.90 Å². The van der Waals surface area contributed by atoms with Gasteiger partial charge in [-0.05, 0) is 38.4 Å². The molecule has 98 valence electrons. The van der Waals surface area contributed by atoms with Gasteiger partial charge >= 0.3 is 0 Å². The van der Waals surface area contributed by atoms with Crippen molar-refractivity contribution in [3.63, 3.8) is 0 Å². The van der Waals surface area contributed by atoms with Gasteiger partial charge in [-0.2, -0.15) is 0 Å². The SMILES string of the molecule is CC1CCCCN1CCOc1ccccc1C=O. The third kappa shape index (κ3) is 3.33. The molecule has 1 aliphatic rings. The summed E-state index contributed by atoms with van der Waals surface area (Å²) in [4.78, 5) is 13.3. The number of carbonyl (C=O) groups excluding carboxylic acids is 1. The topological polar surface area (TPSA) is 29.5 Å². The van der Waals surface area contributed by atoms with E-state index in [0.29, 0.717) is 24.0 Å². The Bertz CT molecular complexity index is 392. The Balaban J connectivity index is 1.82. The fourth-order valence-corrected chi connectivity index (χ4v) is 2.47. The zero-order valence-corrected chi connectivity index (χ0v) is 11.0. The number of hydrogen-bond donors (Lipinski definition) is 0. The van der Waals surface area contributed by atoms with Crippen molar-refractivity contribution in [3.8, 4) is 5.75 Å². The fourth-order valence-electron chi connectivity index (χ4n) is 2.47. The monoisotopic (exact) mass is 247 g/mol. The molecule has 0 radical (unpaired) electrons. The number of piperidine rings is 1. The highest BCUT2D eigenvalue weighted by molar-refractivity contribution is 5.79. The molecule has 0 aromatic heterocycles. The highest BCUT2D eigenvalue weighted by Gasteiger charge is 2.17. The number of ether oxygens (including phenoxy) is 1. The first-order chi connectivity index (χ1) is 8.81. The van der Waals surface area contributed by atoms with Crippen molar-refractivity contribution in [1.29, 1.82) is 0 Å². The zero-order chi connectivity index (χ0) is 12.8. The number of nitrogens with zero attached hydrogens (tertiary/aromatic N) is 1. The number of para-hydroxylation sites is 1. The van der Waals surface area contributed by atoms with E-state index in [1.54, 1.807) is 6.07 Å². The Labute approximate surface area is 109 Å². The summed E-state index contributed by atoms with van der Waals surface area (Å²) < 4.78 is 5.71. The Kier molecular flexibility index (Phi) is 4.76. The summed E-state index contributed by atoms with van der Waals surface area (Å²) in [6.07, 6.45) is 4.76. The molecule has 1 unspecified atom stereocenters. The second kappa shape index (κ2) is 6.55. The van der Waals surface area contributed by atoms with Gasteiger partial charge in [0.2, 0.25) is 0 Å². The maximum Gasteiger partial charge on any atom is 0.153 e. The van der Waals surface area contributed by atoms with Crippen molar-refractivity contribution >= 4 is 6.29 Å². The second-order valence-electron chi connectivity index (χ2n) is 4.88. The molecule has 3 heteroatoms. The third-order valence-electron chi connectivity index (χ3n) is 3.62. The number of carbonyl (C=O) groups is 1. The molecule has 1 saturated heterocycles. The Hall–Kier alpha value is -1.35. The van der Waals surface area contributed by atoms with E-state index in [1.807, 2.05) is 18.2 Å². The largest absolute Gasteiger partial charge is 0.492 e. The average molecular weight is 247 g/mol. The molecule has 0 N–H and O–H groups in total. The Morgan fingerprint density at radius 1 is 1.39 bits per heavy atom. The van der Waals surface area contributed by atoms with Crippen LogP contribution in [0.5, 0.6) is 5.75 Å². The van der Waals surface area contributed by atoms with Gasteiger partial charge in [-0.15, -0.1) is 0 Å². The Morgan fingerprint density at radius 2 is 2.22 bits per heavy atom. The quantitative estimate of drug-likeness (QED) is 0.749. The van der Waals surface area contributed by atoms with Crippen LogP contribution >= 0.6 is 0 Å². The summed E-state index contributed by atoms with van der Waals surface area (Å²) in [5, 5.41) is 0. The molecular weight excluding hydrogens is 226 g/mol. The molecule has 1 aromatic rings. The molecule has 2 rings (SSSR count). The molecule has 0 saturated carbocycles. The highest BCUT2D eigenvalue weighted by atomic mass is 16.5. The van der Waals surface area contributed by atoms with Gasteiger partial charge in [0.15, 0.2) is 6.29 Å². The standard InChI is InChI=1S/C15H21NO2/c1-13-6-4-5-9-16(13)10-11-18-15-8-3-2-7-14(15)12-17/h2-3,7-8,12-13H,4-6,9-11H2,1H3. The van der Waals surface area contributed by atoms with Gasteiger partial charge in [0, 0.05) is 12.6 Å². The van der Waals surface area contributed by atoms with Crippen molar-refractivity contribution in [2.75, 3.05) is 19.7 Å². The van der Waals surface area contributed by atoms with Crippen LogP contribution in [-0.2, 0) is 0 Å². The normalized spacial score (nSPS) is 20.6. The predicted octanol–water partition coefficient (Wildman–Crippen LogP) is 2.75. The molecule has 1 aromatic carbocycles. The third-order valence-corrected chi connectivity index (χ3v) is 3.62. The van der Waals surface area contributed by atoms with Crippen LogP contribution in [0.2, 0.25) is 0 Å². The summed E-state index contributed by atoms with van der Waals surface area (Å²) in [6, 6.07) is 8.04. The van der Waals surface area contributed by atoms with Crippen molar-refractivity contribution in [3.05, 3.63) is 29.8 Å². The summed E-state index contributed by atoms with van der Waals surface area (Å²) in [5.41, 5.74) is 0.629. The maximum absolute atomic E-state index is 10.9. The molecule has 3 nitrogen and oxygen atoms in total. The van der Waals surface area contributed by atoms with Crippen LogP contribution in [-0.4, -0.2) is 36.9 Å². The minimum Gasteiger partial charge on any atom is -0.492 e. The van der Waals surface area contributed by atoms with Gasteiger partial charge in [0.05, 0.1) is 5.56 Å². The molecule has 0 bridgehead atoms. The predicted molar refractivity (Wildman–Crippen MR) is 72.2 cm³/mol. The summed E-state index contributed by atoms with van der Waals surface area (Å²) >= 11 is 0. The smallest absolute Gasteiger partial charge is 0.153 e. The van der Waals surface area contributed by atoms with Gasteiger partial charge in [-0.1, -0.05) is 18.6 Å². The number of hydrogen-bond acceptors (Lipinski definition) is 3. The highest BCUT2D eigenvalue weighted by Crippen LogP contribution is 2.18. The van der Waals surface area contributed by atoms with E-state index < -0.39 is 0 Å². The number of benzene rings is 1. The maximum atomic E-state index is 10.9. The van der Waals surface area contributed by atoms with Gasteiger partial charge in [0.1, 0.15) is 12.4 Å². The Morgan fingerprint density at radius 3 is 3.00 bits per heavy atom. The first-order valence-electron chi connectivity index (χ1n) is 6.72. The summed E-state index contributed by atoms with van der Waals surface area (Å²) in [7, 11) is 0. The summed E-state index contributed by atoms with van der Waals surface area (Å²) in [5.74, 6) is 0.692. The van der Waals surface area contributed by atoms with Crippen molar-refractivity contribution in [2.45, 2.75) is 32.2 Å². The lowest BCUT2D eigenvalue weighted by Crippen LogP contribution is -2.39. The molecule has 1 atom stereocenters. The van der Waals surface area contributed by atoms with Gasteiger partial charge in [-0.25, -0.2) is 0 Å². The van der Waals surface area contributed by atoms with Gasteiger partial charge < -0.3 is 4.74 Å². The molecule has 1 heterocycles. The van der Waals surface area contributed by atoms with E-state index in [2.05, 4.69) is 11.8 Å². The van der Waals surface area contributed by atoms with E-state index in [-0.39, 0.29) is 0 Å². The minimum atomic E-state index is 0.629. The molecule has 0 amide bonds. The van der Waals surface area contributed by atoms with Crippen LogP contribution in [0.25, 0.3) is 0 Å². The zero-order valence-electron chi connectivity index (χ0n) is 11.0. The summed E-state index contributed by atoms with van der Waals surface area (Å²) in [6.45, 7) is 5.03. The number of likely N-dealkylation sites (tertiary alicyclic amines) is 1. The van der Waals surface area contributed by atoms with E-state index in [0.717, 1.165) is 12.8 Å². The molecule has 18 heavy (non-hydrogen) atoms. The van der Waals surface area contributed by atoms with E-state index in [1.165, 1.54) is 25.8 Å². The average Bonchev–Trinajstić information content (AvgIpc) is 2.41. The number of aldehydes is 1. The van der Waals surface area contributed by atoms with E-state index >= 15 is 0 Å². The lowest BCUT2D eigenvalue weighted by Gasteiger charge is -2.33. The van der Waals surface area contributed by atoms with Crippen LogP contribution in [0, 0.1) is 0 Å².